The highest BCUT2D eigenvalue weighted by Crippen LogP contribution is 2.36. The summed E-state index contributed by atoms with van der Waals surface area (Å²) in [4.78, 5) is -0.553. The zero-order chi connectivity index (χ0) is 18.1. The molecule has 0 radical (unpaired) electrons. The molecule has 2 aromatic rings. The molecule has 0 aromatic heterocycles. The summed E-state index contributed by atoms with van der Waals surface area (Å²) < 4.78 is 70.8. The number of nitrogens with one attached hydrogen (secondary N) is 1. The van der Waals surface area contributed by atoms with E-state index >= 15 is 0 Å². The average Bonchev–Trinajstić information content (AvgIpc) is 2.46. The van der Waals surface area contributed by atoms with Gasteiger partial charge in [0.1, 0.15) is 5.75 Å². The largest absolute Gasteiger partial charge is 0.495 e. The lowest BCUT2D eigenvalue weighted by atomic mass is 10.2. The van der Waals surface area contributed by atoms with E-state index in [1.54, 1.807) is 19.1 Å². The summed E-state index contributed by atoms with van der Waals surface area (Å²) in [5.41, 5.74) is -0.343. The molecule has 9 heteroatoms. The van der Waals surface area contributed by atoms with E-state index < -0.39 is 31.7 Å². The van der Waals surface area contributed by atoms with E-state index in [9.17, 15) is 21.6 Å². The highest BCUT2D eigenvalue weighted by atomic mass is 35.5. The van der Waals surface area contributed by atoms with Gasteiger partial charge >= 0.3 is 6.18 Å². The van der Waals surface area contributed by atoms with Gasteiger partial charge in [-0.25, -0.2) is 8.42 Å². The second-order valence-electron chi connectivity index (χ2n) is 4.95. The number of rotatable bonds is 4. The fourth-order valence-electron chi connectivity index (χ4n) is 1.99. The zero-order valence-corrected chi connectivity index (χ0v) is 14.2. The van der Waals surface area contributed by atoms with Crippen molar-refractivity contribution in [3.05, 3.63) is 52.5 Å². The lowest BCUT2D eigenvalue weighted by Crippen LogP contribution is -2.15. The van der Waals surface area contributed by atoms with E-state index in [4.69, 9.17) is 16.3 Å². The normalized spacial score (nSPS) is 12.1. The van der Waals surface area contributed by atoms with Crippen LogP contribution >= 0.6 is 11.6 Å². The van der Waals surface area contributed by atoms with Crippen LogP contribution in [-0.4, -0.2) is 15.5 Å². The third-order valence-electron chi connectivity index (χ3n) is 3.15. The molecule has 0 fully saturated rings. The van der Waals surface area contributed by atoms with Gasteiger partial charge in [0.25, 0.3) is 10.0 Å². The van der Waals surface area contributed by atoms with Crippen LogP contribution in [0.25, 0.3) is 0 Å². The van der Waals surface area contributed by atoms with Gasteiger partial charge in [0.2, 0.25) is 0 Å². The van der Waals surface area contributed by atoms with Gasteiger partial charge in [0, 0.05) is 0 Å². The van der Waals surface area contributed by atoms with E-state index in [2.05, 4.69) is 4.72 Å². The number of alkyl halides is 3. The molecular formula is C15H13ClF3NO3S. The molecular weight excluding hydrogens is 367 g/mol. The average molecular weight is 380 g/mol. The maximum atomic E-state index is 12.9. The van der Waals surface area contributed by atoms with Crippen LogP contribution in [0.1, 0.15) is 11.1 Å². The van der Waals surface area contributed by atoms with Crippen LogP contribution in [0.2, 0.25) is 5.02 Å². The smallest absolute Gasteiger partial charge is 0.417 e. The zero-order valence-electron chi connectivity index (χ0n) is 12.6. The van der Waals surface area contributed by atoms with Crippen molar-refractivity contribution >= 4 is 27.3 Å². The summed E-state index contributed by atoms with van der Waals surface area (Å²) in [5, 5.41) is -0.574. The number of anilines is 1. The van der Waals surface area contributed by atoms with Gasteiger partial charge in [0.05, 0.1) is 28.3 Å². The predicted octanol–water partition coefficient (Wildman–Crippen LogP) is 4.48. The van der Waals surface area contributed by atoms with Crippen molar-refractivity contribution in [2.45, 2.75) is 18.0 Å². The highest BCUT2D eigenvalue weighted by Gasteiger charge is 2.34. The Morgan fingerprint density at radius 1 is 1.12 bits per heavy atom. The topological polar surface area (TPSA) is 55.4 Å². The number of benzene rings is 2. The van der Waals surface area contributed by atoms with Crippen LogP contribution in [0.15, 0.2) is 41.3 Å². The molecule has 0 spiro atoms. The fraction of sp³-hybridized carbons (Fsp3) is 0.200. The van der Waals surface area contributed by atoms with Crippen LogP contribution in [-0.2, 0) is 16.2 Å². The molecule has 0 unspecified atom stereocenters. The summed E-state index contributed by atoms with van der Waals surface area (Å²) in [6, 6.07) is 7.16. The Morgan fingerprint density at radius 2 is 1.79 bits per heavy atom. The van der Waals surface area contributed by atoms with Gasteiger partial charge in [-0.15, -0.1) is 0 Å². The molecule has 0 heterocycles. The Morgan fingerprint density at radius 3 is 2.38 bits per heavy atom. The second kappa shape index (κ2) is 6.52. The van der Waals surface area contributed by atoms with E-state index in [1.165, 1.54) is 13.2 Å². The minimum atomic E-state index is -4.76. The van der Waals surface area contributed by atoms with E-state index in [0.717, 1.165) is 17.7 Å². The number of methoxy groups -OCH3 is 1. The first kappa shape index (κ1) is 18.4. The van der Waals surface area contributed by atoms with Crippen LogP contribution in [0, 0.1) is 6.92 Å². The van der Waals surface area contributed by atoms with E-state index in [0.29, 0.717) is 6.07 Å². The SMILES string of the molecule is COc1ccc(C)cc1NS(=O)(=O)c1ccc(Cl)c(C(F)(F)F)c1. The Bertz CT molecular complexity index is 867. The van der Waals surface area contributed by atoms with Crippen molar-refractivity contribution in [3.63, 3.8) is 0 Å². The molecule has 130 valence electrons. The minimum Gasteiger partial charge on any atom is -0.495 e. The van der Waals surface area contributed by atoms with Gasteiger partial charge < -0.3 is 4.74 Å². The number of halogens is 4. The van der Waals surface area contributed by atoms with Crippen LogP contribution in [0.4, 0.5) is 18.9 Å². The first-order valence-electron chi connectivity index (χ1n) is 6.59. The quantitative estimate of drug-likeness (QED) is 0.852. The van der Waals surface area contributed by atoms with Crippen LogP contribution < -0.4 is 9.46 Å². The van der Waals surface area contributed by atoms with Gasteiger partial charge in [-0.05, 0) is 42.8 Å². The summed E-state index contributed by atoms with van der Waals surface area (Å²) in [7, 11) is -2.90. The Labute approximate surface area is 142 Å². The summed E-state index contributed by atoms with van der Waals surface area (Å²) in [6.45, 7) is 1.74. The first-order chi connectivity index (χ1) is 11.0. The maximum Gasteiger partial charge on any atom is 0.417 e. The highest BCUT2D eigenvalue weighted by molar-refractivity contribution is 7.92. The van der Waals surface area contributed by atoms with Crippen molar-refractivity contribution in [1.82, 2.24) is 0 Å². The summed E-state index contributed by atoms with van der Waals surface area (Å²) >= 11 is 5.50. The van der Waals surface area contributed by atoms with E-state index in [-0.39, 0.29) is 11.4 Å². The molecule has 0 saturated carbocycles. The predicted molar refractivity (Wildman–Crippen MR) is 85.0 cm³/mol. The number of hydrogen-bond acceptors (Lipinski definition) is 3. The molecule has 1 N–H and O–H groups in total. The molecule has 0 bridgehead atoms. The molecule has 0 aliphatic rings. The Hall–Kier alpha value is -1.93. The molecule has 0 amide bonds. The third kappa shape index (κ3) is 3.93. The van der Waals surface area contributed by atoms with Gasteiger partial charge in [-0.1, -0.05) is 17.7 Å². The second-order valence-corrected chi connectivity index (χ2v) is 7.04. The van der Waals surface area contributed by atoms with Crippen LogP contribution in [0.3, 0.4) is 0 Å². The lowest BCUT2D eigenvalue weighted by Gasteiger charge is -2.14. The number of ether oxygens (including phenoxy) is 1. The lowest BCUT2D eigenvalue weighted by molar-refractivity contribution is -0.137. The molecule has 0 saturated heterocycles. The molecule has 2 rings (SSSR count). The molecule has 24 heavy (non-hydrogen) atoms. The third-order valence-corrected chi connectivity index (χ3v) is 4.85. The fourth-order valence-corrected chi connectivity index (χ4v) is 3.31. The van der Waals surface area contributed by atoms with Crippen molar-refractivity contribution in [2.24, 2.45) is 0 Å². The first-order valence-corrected chi connectivity index (χ1v) is 8.45. The van der Waals surface area contributed by atoms with E-state index in [1.807, 2.05) is 0 Å². The Kier molecular flexibility index (Phi) is 5.00. The number of sulfonamides is 1. The number of hydrogen-bond donors (Lipinski definition) is 1. The van der Waals surface area contributed by atoms with Crippen LogP contribution in [0.5, 0.6) is 5.75 Å². The van der Waals surface area contributed by atoms with Crippen molar-refractivity contribution in [3.8, 4) is 5.75 Å². The Balaban J connectivity index is 2.47. The number of aryl methyl sites for hydroxylation is 1. The standard InChI is InChI=1S/C15H13ClF3NO3S/c1-9-3-6-14(23-2)13(7-9)20-24(21,22)10-4-5-12(16)11(8-10)15(17,18)19/h3-8,20H,1-2H3. The molecule has 0 atom stereocenters. The molecule has 0 aliphatic carbocycles. The van der Waals surface area contributed by atoms with Gasteiger partial charge in [0.15, 0.2) is 0 Å². The molecule has 4 nitrogen and oxygen atoms in total. The van der Waals surface area contributed by atoms with Gasteiger partial charge in [-0.2, -0.15) is 13.2 Å². The van der Waals surface area contributed by atoms with Crippen molar-refractivity contribution in [1.29, 1.82) is 0 Å². The molecule has 0 aliphatic heterocycles. The van der Waals surface area contributed by atoms with Crippen molar-refractivity contribution in [2.75, 3.05) is 11.8 Å². The monoisotopic (exact) mass is 379 g/mol. The maximum absolute atomic E-state index is 12.9. The van der Waals surface area contributed by atoms with Gasteiger partial charge in [-0.3, -0.25) is 4.72 Å². The molecule has 2 aromatic carbocycles. The summed E-state index contributed by atoms with van der Waals surface area (Å²) in [5.74, 6) is 0.245. The minimum absolute atomic E-state index is 0.126. The van der Waals surface area contributed by atoms with Crippen molar-refractivity contribution < 1.29 is 26.3 Å². The summed E-state index contributed by atoms with van der Waals surface area (Å²) in [6.07, 6.45) is -4.76.